The van der Waals surface area contributed by atoms with E-state index in [1.54, 1.807) is 0 Å². The molecule has 0 atom stereocenters. The largest absolute Gasteiger partial charge is 0.508 e. The van der Waals surface area contributed by atoms with Crippen molar-refractivity contribution in [3.8, 4) is 22.6 Å². The first-order valence-electron chi connectivity index (χ1n) is 7.21. The van der Waals surface area contributed by atoms with Gasteiger partial charge in [0, 0.05) is 5.92 Å². The summed E-state index contributed by atoms with van der Waals surface area (Å²) in [6.07, 6.45) is 1.90. The highest BCUT2D eigenvalue weighted by Crippen LogP contribution is 2.54. The van der Waals surface area contributed by atoms with E-state index in [2.05, 4.69) is 6.92 Å². The summed E-state index contributed by atoms with van der Waals surface area (Å²) in [6, 6.07) is 3.83. The van der Waals surface area contributed by atoms with E-state index < -0.39 is 0 Å². The molecule has 20 heavy (non-hydrogen) atoms. The Bertz CT molecular complexity index is 706. The minimum Gasteiger partial charge on any atom is -0.508 e. The maximum Gasteiger partial charge on any atom is 0.119 e. The fourth-order valence-corrected chi connectivity index (χ4v) is 4.00. The Morgan fingerprint density at radius 3 is 1.65 bits per heavy atom. The molecule has 2 N–H and O–H groups in total. The van der Waals surface area contributed by atoms with Crippen LogP contribution < -0.4 is 0 Å². The van der Waals surface area contributed by atoms with Gasteiger partial charge in [0.15, 0.2) is 0 Å². The summed E-state index contributed by atoms with van der Waals surface area (Å²) < 4.78 is 0. The SMILES string of the molecule is Cc1c(O)cc2c3c1CCc1c(C)c(O)cc(c1-3)C2C. The molecule has 2 aliphatic rings. The van der Waals surface area contributed by atoms with Crippen LogP contribution in [0.3, 0.4) is 0 Å². The van der Waals surface area contributed by atoms with Crippen molar-refractivity contribution in [1.29, 1.82) is 0 Å². The fraction of sp³-hybridized carbons (Fsp3) is 0.333. The number of rotatable bonds is 0. The highest BCUT2D eigenvalue weighted by molar-refractivity contribution is 5.88. The van der Waals surface area contributed by atoms with Gasteiger partial charge in [-0.15, -0.1) is 0 Å². The zero-order chi connectivity index (χ0) is 14.2. The second-order valence-corrected chi connectivity index (χ2v) is 6.15. The predicted octanol–water partition coefficient (Wildman–Crippen LogP) is 3.95. The molecular weight excluding hydrogens is 248 g/mol. The zero-order valence-corrected chi connectivity index (χ0v) is 12.0. The summed E-state index contributed by atoms with van der Waals surface area (Å²) in [5, 5.41) is 20.3. The lowest BCUT2D eigenvalue weighted by atomic mass is 9.81. The van der Waals surface area contributed by atoms with Crippen molar-refractivity contribution in [2.45, 2.75) is 39.5 Å². The van der Waals surface area contributed by atoms with Gasteiger partial charge >= 0.3 is 0 Å². The first-order valence-corrected chi connectivity index (χ1v) is 7.21. The molecule has 2 aliphatic carbocycles. The standard InChI is InChI=1S/C18H18O2/c1-8-13-6-15(19)9(2)11-4-5-12-10(3)16(20)7-14(8)18(12)17(11)13/h6-8,19-20H,4-5H2,1-3H3. The Morgan fingerprint density at radius 2 is 1.25 bits per heavy atom. The minimum absolute atomic E-state index is 0.244. The lowest BCUT2D eigenvalue weighted by molar-refractivity contribution is 0.468. The Balaban J connectivity index is 2.19. The maximum atomic E-state index is 10.2. The Kier molecular flexibility index (Phi) is 2.11. The van der Waals surface area contributed by atoms with E-state index in [0.29, 0.717) is 11.5 Å². The van der Waals surface area contributed by atoms with Crippen LogP contribution in [-0.2, 0) is 12.8 Å². The molecular formula is C18H18O2. The summed E-state index contributed by atoms with van der Waals surface area (Å²) in [4.78, 5) is 0. The molecule has 2 aromatic rings. The second kappa shape index (κ2) is 3.57. The van der Waals surface area contributed by atoms with Crippen LogP contribution >= 0.6 is 0 Å². The molecule has 2 nitrogen and oxygen atoms in total. The van der Waals surface area contributed by atoms with Gasteiger partial charge in [0.25, 0.3) is 0 Å². The third kappa shape index (κ3) is 1.20. The first-order chi connectivity index (χ1) is 9.50. The third-order valence-electron chi connectivity index (χ3n) is 5.25. The number of aromatic hydroxyl groups is 2. The molecule has 0 radical (unpaired) electrons. The highest BCUT2D eigenvalue weighted by Gasteiger charge is 2.35. The van der Waals surface area contributed by atoms with Gasteiger partial charge in [0.1, 0.15) is 11.5 Å². The molecule has 0 unspecified atom stereocenters. The number of phenolic OH excluding ortho intramolecular Hbond substituents is 2. The number of hydrogen-bond acceptors (Lipinski definition) is 2. The molecule has 0 bridgehead atoms. The molecule has 4 rings (SSSR count). The molecule has 0 aromatic heterocycles. The van der Waals surface area contributed by atoms with Crippen LogP contribution in [0.1, 0.15) is 46.2 Å². The number of benzene rings is 2. The topological polar surface area (TPSA) is 40.5 Å². The Labute approximate surface area is 118 Å². The van der Waals surface area contributed by atoms with E-state index in [1.165, 1.54) is 33.4 Å². The lowest BCUT2D eigenvalue weighted by Crippen LogP contribution is -2.07. The van der Waals surface area contributed by atoms with E-state index in [-0.39, 0.29) is 5.92 Å². The monoisotopic (exact) mass is 266 g/mol. The molecule has 0 heterocycles. The van der Waals surface area contributed by atoms with E-state index >= 15 is 0 Å². The van der Waals surface area contributed by atoms with Gasteiger partial charge < -0.3 is 10.2 Å². The average molecular weight is 266 g/mol. The van der Waals surface area contributed by atoms with Crippen molar-refractivity contribution in [2.24, 2.45) is 0 Å². The van der Waals surface area contributed by atoms with E-state index in [0.717, 1.165) is 24.0 Å². The summed E-state index contributed by atoms with van der Waals surface area (Å²) in [6.45, 7) is 6.17. The van der Waals surface area contributed by atoms with E-state index in [9.17, 15) is 10.2 Å². The molecule has 2 aromatic carbocycles. The quantitative estimate of drug-likeness (QED) is 0.758. The normalized spacial score (nSPS) is 15.6. The minimum atomic E-state index is 0.244. The summed E-state index contributed by atoms with van der Waals surface area (Å²) in [5.41, 5.74) is 9.69. The van der Waals surface area contributed by atoms with Crippen LogP contribution in [0.15, 0.2) is 12.1 Å². The molecule has 102 valence electrons. The average Bonchev–Trinajstić information content (AvgIpc) is 2.70. The van der Waals surface area contributed by atoms with Crippen molar-refractivity contribution in [3.05, 3.63) is 45.5 Å². The van der Waals surface area contributed by atoms with Crippen molar-refractivity contribution in [1.82, 2.24) is 0 Å². The van der Waals surface area contributed by atoms with Crippen molar-refractivity contribution in [2.75, 3.05) is 0 Å². The molecule has 0 saturated heterocycles. The molecule has 0 amide bonds. The van der Waals surface area contributed by atoms with Gasteiger partial charge in [0.2, 0.25) is 0 Å². The summed E-state index contributed by atoms with van der Waals surface area (Å²) in [5.74, 6) is 1.05. The van der Waals surface area contributed by atoms with Crippen molar-refractivity contribution >= 4 is 0 Å². The van der Waals surface area contributed by atoms with Crippen LogP contribution in [0.25, 0.3) is 11.1 Å². The number of phenols is 2. The molecule has 0 fully saturated rings. The zero-order valence-electron chi connectivity index (χ0n) is 12.0. The van der Waals surface area contributed by atoms with Crippen molar-refractivity contribution in [3.63, 3.8) is 0 Å². The van der Waals surface area contributed by atoms with Gasteiger partial charge in [-0.3, -0.25) is 0 Å². The smallest absolute Gasteiger partial charge is 0.119 e. The maximum absolute atomic E-state index is 10.2. The van der Waals surface area contributed by atoms with Crippen LogP contribution in [0.4, 0.5) is 0 Å². The number of hydrogen-bond donors (Lipinski definition) is 2. The van der Waals surface area contributed by atoms with Gasteiger partial charge in [-0.2, -0.15) is 0 Å². The Hall–Kier alpha value is -1.96. The van der Waals surface area contributed by atoms with E-state index in [1.807, 2.05) is 26.0 Å². The van der Waals surface area contributed by atoms with Gasteiger partial charge in [-0.25, -0.2) is 0 Å². The Morgan fingerprint density at radius 1 is 0.850 bits per heavy atom. The highest BCUT2D eigenvalue weighted by atomic mass is 16.3. The first kappa shape index (κ1) is 11.8. The lowest BCUT2D eigenvalue weighted by Gasteiger charge is -2.23. The van der Waals surface area contributed by atoms with Gasteiger partial charge in [-0.1, -0.05) is 6.92 Å². The summed E-state index contributed by atoms with van der Waals surface area (Å²) in [7, 11) is 0. The van der Waals surface area contributed by atoms with Crippen molar-refractivity contribution < 1.29 is 10.2 Å². The molecule has 0 spiro atoms. The second-order valence-electron chi connectivity index (χ2n) is 6.15. The van der Waals surface area contributed by atoms with Crippen LogP contribution in [0.5, 0.6) is 11.5 Å². The summed E-state index contributed by atoms with van der Waals surface area (Å²) >= 11 is 0. The predicted molar refractivity (Wildman–Crippen MR) is 79.6 cm³/mol. The van der Waals surface area contributed by atoms with Gasteiger partial charge in [0.05, 0.1) is 0 Å². The van der Waals surface area contributed by atoms with E-state index in [4.69, 9.17) is 0 Å². The third-order valence-corrected chi connectivity index (χ3v) is 5.25. The fourth-order valence-electron chi connectivity index (χ4n) is 4.00. The van der Waals surface area contributed by atoms with Gasteiger partial charge in [-0.05, 0) is 83.3 Å². The molecule has 0 aliphatic heterocycles. The molecule has 0 saturated carbocycles. The van der Waals surface area contributed by atoms with Crippen LogP contribution in [0.2, 0.25) is 0 Å². The molecule has 2 heteroatoms. The van der Waals surface area contributed by atoms with Crippen LogP contribution in [-0.4, -0.2) is 10.2 Å². The van der Waals surface area contributed by atoms with Crippen LogP contribution in [0, 0.1) is 13.8 Å².